The monoisotopic (exact) mass is 270 g/mol. The maximum Gasteiger partial charge on any atom is 0.200 e. The lowest BCUT2D eigenvalue weighted by molar-refractivity contribution is 0.817. The topological polar surface area (TPSA) is 56.2 Å². The Balaban J connectivity index is 1.88. The van der Waals surface area contributed by atoms with Crippen LogP contribution in [0.4, 0.5) is 0 Å². The van der Waals surface area contributed by atoms with E-state index in [1.165, 1.54) is 0 Å². The number of hydrogen-bond acceptors (Lipinski definition) is 4. The molecule has 0 saturated heterocycles. The highest BCUT2D eigenvalue weighted by molar-refractivity contribution is 7.99. The van der Waals surface area contributed by atoms with E-state index in [4.69, 9.17) is 5.73 Å². The highest BCUT2D eigenvalue weighted by atomic mass is 32.2. The fraction of sp³-hybridized carbons (Fsp3) is 0.143. The van der Waals surface area contributed by atoms with E-state index < -0.39 is 0 Å². The Morgan fingerprint density at radius 1 is 1.11 bits per heavy atom. The molecular weight excluding hydrogens is 256 g/mol. The molecule has 3 aromatic rings. The first kappa shape index (κ1) is 12.2. The van der Waals surface area contributed by atoms with Crippen LogP contribution in [0.2, 0.25) is 0 Å². The molecule has 1 unspecified atom stereocenters. The van der Waals surface area contributed by atoms with Crippen LogP contribution in [0.3, 0.4) is 0 Å². The minimum Gasteiger partial charge on any atom is -0.324 e. The van der Waals surface area contributed by atoms with Gasteiger partial charge in [-0.2, -0.15) is 0 Å². The van der Waals surface area contributed by atoms with Crippen LogP contribution in [0, 0.1) is 0 Å². The van der Waals surface area contributed by atoms with Crippen LogP contribution < -0.4 is 5.73 Å². The summed E-state index contributed by atoms with van der Waals surface area (Å²) in [5, 5.41) is 9.20. The van der Waals surface area contributed by atoms with Gasteiger partial charge in [0.25, 0.3) is 0 Å². The third kappa shape index (κ3) is 2.47. The van der Waals surface area contributed by atoms with Crippen molar-refractivity contribution in [1.82, 2.24) is 14.6 Å². The fourth-order valence-electron chi connectivity index (χ4n) is 1.83. The van der Waals surface area contributed by atoms with Gasteiger partial charge in [0.1, 0.15) is 0 Å². The minimum atomic E-state index is 0.0629. The van der Waals surface area contributed by atoms with Crippen molar-refractivity contribution in [3.05, 3.63) is 54.2 Å². The molecule has 0 aliphatic heterocycles. The van der Waals surface area contributed by atoms with Gasteiger partial charge in [0, 0.05) is 17.1 Å². The molecule has 3 rings (SSSR count). The Morgan fingerprint density at radius 2 is 1.89 bits per heavy atom. The number of rotatable bonds is 3. The van der Waals surface area contributed by atoms with E-state index in [1.807, 2.05) is 35.7 Å². The second-order valence-corrected chi connectivity index (χ2v) is 5.41. The van der Waals surface area contributed by atoms with Crippen molar-refractivity contribution >= 4 is 17.4 Å². The van der Waals surface area contributed by atoms with Gasteiger partial charge in [-0.15, -0.1) is 10.2 Å². The van der Waals surface area contributed by atoms with E-state index in [0.29, 0.717) is 0 Å². The maximum absolute atomic E-state index is 5.84. The van der Waals surface area contributed by atoms with Crippen LogP contribution in [0.25, 0.3) is 5.65 Å². The standard InChI is InChI=1S/C14H14N4S/c1-10(15)11-5-7-12(8-6-11)19-14-17-16-13-4-2-3-9-18(13)14/h2-10H,15H2,1H3. The summed E-state index contributed by atoms with van der Waals surface area (Å²) in [5.74, 6) is 0. The van der Waals surface area contributed by atoms with Crippen LogP contribution in [0.5, 0.6) is 0 Å². The molecule has 0 bridgehead atoms. The van der Waals surface area contributed by atoms with Crippen molar-refractivity contribution in [1.29, 1.82) is 0 Å². The smallest absolute Gasteiger partial charge is 0.200 e. The molecule has 0 radical (unpaired) electrons. The zero-order valence-corrected chi connectivity index (χ0v) is 11.3. The highest BCUT2D eigenvalue weighted by Crippen LogP contribution is 2.27. The van der Waals surface area contributed by atoms with Crippen LogP contribution in [0.1, 0.15) is 18.5 Å². The van der Waals surface area contributed by atoms with Gasteiger partial charge in [-0.1, -0.05) is 18.2 Å². The lowest BCUT2D eigenvalue weighted by Crippen LogP contribution is -2.04. The molecule has 0 spiro atoms. The Labute approximate surface area is 115 Å². The van der Waals surface area contributed by atoms with Gasteiger partial charge in [0.05, 0.1) is 0 Å². The van der Waals surface area contributed by atoms with Gasteiger partial charge in [-0.05, 0) is 48.5 Å². The third-order valence-electron chi connectivity index (χ3n) is 2.90. The van der Waals surface area contributed by atoms with Crippen LogP contribution in [0.15, 0.2) is 58.7 Å². The van der Waals surface area contributed by atoms with Crippen LogP contribution in [-0.2, 0) is 0 Å². The average molecular weight is 270 g/mol. The first-order chi connectivity index (χ1) is 9.24. The van der Waals surface area contributed by atoms with Gasteiger partial charge in [-0.25, -0.2) is 0 Å². The predicted octanol–water partition coefficient (Wildman–Crippen LogP) is 2.90. The zero-order valence-electron chi connectivity index (χ0n) is 10.5. The maximum atomic E-state index is 5.84. The second-order valence-electron chi connectivity index (χ2n) is 4.37. The molecule has 2 N–H and O–H groups in total. The molecule has 0 amide bonds. The summed E-state index contributed by atoms with van der Waals surface area (Å²) in [6.07, 6.45) is 1.97. The number of aromatic nitrogens is 3. The van der Waals surface area contributed by atoms with E-state index in [0.717, 1.165) is 21.3 Å². The second kappa shape index (κ2) is 5.03. The summed E-state index contributed by atoms with van der Waals surface area (Å²) in [6, 6.07) is 14.2. The summed E-state index contributed by atoms with van der Waals surface area (Å²) in [5.41, 5.74) is 7.83. The minimum absolute atomic E-state index is 0.0629. The highest BCUT2D eigenvalue weighted by Gasteiger charge is 2.07. The molecular formula is C14H14N4S. The summed E-state index contributed by atoms with van der Waals surface area (Å²) >= 11 is 1.59. The van der Waals surface area contributed by atoms with Crippen LogP contribution in [-0.4, -0.2) is 14.6 Å². The first-order valence-electron chi connectivity index (χ1n) is 6.07. The lowest BCUT2D eigenvalue weighted by atomic mass is 10.1. The Kier molecular flexibility index (Phi) is 3.23. The van der Waals surface area contributed by atoms with Crippen LogP contribution >= 0.6 is 11.8 Å². The molecule has 0 saturated carbocycles. The fourth-order valence-corrected chi connectivity index (χ4v) is 2.65. The van der Waals surface area contributed by atoms with Gasteiger partial charge in [0.2, 0.25) is 0 Å². The molecule has 0 aliphatic rings. The Morgan fingerprint density at radius 3 is 2.63 bits per heavy atom. The number of pyridine rings is 1. The van der Waals surface area contributed by atoms with Gasteiger partial charge in [-0.3, -0.25) is 4.40 Å². The molecule has 1 atom stereocenters. The number of hydrogen-bond donors (Lipinski definition) is 1. The molecule has 96 valence electrons. The molecule has 1 aromatic carbocycles. The summed E-state index contributed by atoms with van der Waals surface area (Å²) < 4.78 is 1.98. The van der Waals surface area contributed by atoms with Crippen molar-refractivity contribution in [2.45, 2.75) is 23.0 Å². The normalized spacial score (nSPS) is 12.7. The number of fused-ring (bicyclic) bond motifs is 1. The molecule has 2 heterocycles. The zero-order chi connectivity index (χ0) is 13.2. The van der Waals surface area contributed by atoms with Crippen molar-refractivity contribution in [2.75, 3.05) is 0 Å². The number of nitrogens with zero attached hydrogens (tertiary/aromatic N) is 3. The lowest BCUT2D eigenvalue weighted by Gasteiger charge is -2.06. The number of benzene rings is 1. The Bertz CT molecular complexity index is 688. The van der Waals surface area contributed by atoms with Crippen molar-refractivity contribution in [3.8, 4) is 0 Å². The SMILES string of the molecule is CC(N)c1ccc(Sc2nnc3ccccn23)cc1. The molecule has 4 nitrogen and oxygen atoms in total. The molecule has 0 aliphatic carbocycles. The molecule has 2 aromatic heterocycles. The molecule has 19 heavy (non-hydrogen) atoms. The summed E-state index contributed by atoms with van der Waals surface area (Å²) in [7, 11) is 0. The number of nitrogens with two attached hydrogens (primary N) is 1. The first-order valence-corrected chi connectivity index (χ1v) is 6.89. The summed E-state index contributed by atoms with van der Waals surface area (Å²) in [6.45, 7) is 1.98. The van der Waals surface area contributed by atoms with E-state index >= 15 is 0 Å². The Hall–Kier alpha value is -1.85. The van der Waals surface area contributed by atoms with Gasteiger partial charge in [0.15, 0.2) is 10.8 Å². The van der Waals surface area contributed by atoms with E-state index in [-0.39, 0.29) is 6.04 Å². The summed E-state index contributed by atoms with van der Waals surface area (Å²) in [4.78, 5) is 1.13. The van der Waals surface area contributed by atoms with Crippen molar-refractivity contribution in [3.63, 3.8) is 0 Å². The van der Waals surface area contributed by atoms with E-state index in [1.54, 1.807) is 11.8 Å². The molecule has 0 fully saturated rings. The van der Waals surface area contributed by atoms with Gasteiger partial charge >= 0.3 is 0 Å². The van der Waals surface area contributed by atoms with Gasteiger partial charge < -0.3 is 5.73 Å². The van der Waals surface area contributed by atoms with E-state index in [2.05, 4.69) is 34.5 Å². The average Bonchev–Trinajstić information content (AvgIpc) is 2.83. The molecule has 5 heteroatoms. The largest absolute Gasteiger partial charge is 0.324 e. The quantitative estimate of drug-likeness (QED) is 0.795. The van der Waals surface area contributed by atoms with Crippen molar-refractivity contribution in [2.24, 2.45) is 5.73 Å². The predicted molar refractivity (Wildman–Crippen MR) is 76.2 cm³/mol. The third-order valence-corrected chi connectivity index (χ3v) is 3.87. The van der Waals surface area contributed by atoms with Crippen molar-refractivity contribution < 1.29 is 0 Å². The van der Waals surface area contributed by atoms with E-state index in [9.17, 15) is 0 Å².